The maximum Gasteiger partial charge on any atom is 0.224 e. The quantitative estimate of drug-likeness (QED) is 0.360. The van der Waals surface area contributed by atoms with E-state index in [9.17, 15) is 8.78 Å². The molecule has 1 heterocycles. The fraction of sp³-hybridized carbons (Fsp3) is 0.292. The summed E-state index contributed by atoms with van der Waals surface area (Å²) in [6, 6.07) is 12.9. The Bertz CT molecular complexity index is 1180. The van der Waals surface area contributed by atoms with Crippen molar-refractivity contribution >= 4 is 17.4 Å². The molecule has 0 bridgehead atoms. The van der Waals surface area contributed by atoms with Gasteiger partial charge in [-0.1, -0.05) is 18.2 Å². The largest absolute Gasteiger partial charge is 0.492 e. The summed E-state index contributed by atoms with van der Waals surface area (Å²) < 4.78 is 33.5. The molecular formula is C24H21ClF2N4O. The van der Waals surface area contributed by atoms with E-state index in [-0.39, 0.29) is 11.2 Å². The Morgan fingerprint density at radius 1 is 1.22 bits per heavy atom. The average Bonchev–Trinajstić information content (AvgIpc) is 3.19. The van der Waals surface area contributed by atoms with Crippen molar-refractivity contribution in [1.82, 2.24) is 9.97 Å². The molecule has 0 fully saturated rings. The summed E-state index contributed by atoms with van der Waals surface area (Å²) >= 11 is 6.21. The molecule has 0 amide bonds. The molecule has 1 aliphatic carbocycles. The highest BCUT2D eigenvalue weighted by Gasteiger charge is 2.32. The van der Waals surface area contributed by atoms with Crippen molar-refractivity contribution in [1.29, 1.82) is 5.26 Å². The van der Waals surface area contributed by atoms with E-state index in [4.69, 9.17) is 21.6 Å². The van der Waals surface area contributed by atoms with Gasteiger partial charge in [-0.3, -0.25) is 0 Å². The average molecular weight is 455 g/mol. The molecular weight excluding hydrogens is 434 g/mol. The third-order valence-corrected chi connectivity index (χ3v) is 5.77. The second kappa shape index (κ2) is 9.49. The summed E-state index contributed by atoms with van der Waals surface area (Å²) in [5, 5.41) is 9.25. The number of anilines is 1. The lowest BCUT2D eigenvalue weighted by Gasteiger charge is -2.21. The number of benzene rings is 2. The zero-order valence-corrected chi connectivity index (χ0v) is 18.2. The zero-order chi connectivity index (χ0) is 22.7. The van der Waals surface area contributed by atoms with Crippen LogP contribution in [0.2, 0.25) is 5.28 Å². The van der Waals surface area contributed by atoms with Gasteiger partial charge in [0.2, 0.25) is 5.28 Å². The second-order valence-electron chi connectivity index (χ2n) is 7.67. The summed E-state index contributed by atoms with van der Waals surface area (Å²) in [5.41, 5.74) is 2.54. The van der Waals surface area contributed by atoms with Gasteiger partial charge in [-0.15, -0.1) is 0 Å². The van der Waals surface area contributed by atoms with Crippen molar-refractivity contribution < 1.29 is 13.5 Å². The van der Waals surface area contributed by atoms with E-state index in [0.29, 0.717) is 60.8 Å². The number of nitrogens with zero attached hydrogens (tertiary/aromatic N) is 4. The molecule has 5 nitrogen and oxygen atoms in total. The first kappa shape index (κ1) is 22.0. The maximum absolute atomic E-state index is 14.4. The standard InChI is InChI=1S/C24H21ClF2N4O/c1-31(11-4-12-32-21-6-3-2-5-15(21)14-28)23-19-10-9-18(22(19)29-24(25)30-23)17-8-7-16(26)13-20(17)27/h2-3,5-8,13,18H,4,9-12H2,1H3. The topological polar surface area (TPSA) is 62.0 Å². The molecule has 0 N–H and O–H groups in total. The number of hydrogen-bond donors (Lipinski definition) is 0. The first-order chi connectivity index (χ1) is 15.5. The number of aromatic nitrogens is 2. The van der Waals surface area contributed by atoms with Crippen molar-refractivity contribution in [3.8, 4) is 11.8 Å². The van der Waals surface area contributed by atoms with Crippen molar-refractivity contribution in [3.63, 3.8) is 0 Å². The molecule has 8 heteroatoms. The fourth-order valence-electron chi connectivity index (χ4n) is 4.09. The van der Waals surface area contributed by atoms with Crippen molar-refractivity contribution in [3.05, 3.63) is 81.8 Å². The van der Waals surface area contributed by atoms with Gasteiger partial charge in [0.1, 0.15) is 29.3 Å². The van der Waals surface area contributed by atoms with Crippen LogP contribution in [0.4, 0.5) is 14.6 Å². The minimum Gasteiger partial charge on any atom is -0.492 e. The minimum absolute atomic E-state index is 0.0965. The number of hydrogen-bond acceptors (Lipinski definition) is 5. The lowest BCUT2D eigenvalue weighted by molar-refractivity contribution is 0.311. The van der Waals surface area contributed by atoms with Crippen LogP contribution in [0, 0.1) is 23.0 Å². The Hall–Kier alpha value is -3.24. The van der Waals surface area contributed by atoms with E-state index in [2.05, 4.69) is 16.0 Å². The molecule has 32 heavy (non-hydrogen) atoms. The normalized spacial score (nSPS) is 14.7. The molecule has 0 saturated carbocycles. The van der Waals surface area contributed by atoms with E-state index < -0.39 is 11.6 Å². The van der Waals surface area contributed by atoms with Crippen LogP contribution >= 0.6 is 11.6 Å². The van der Waals surface area contributed by atoms with Gasteiger partial charge >= 0.3 is 0 Å². The van der Waals surface area contributed by atoms with Crippen molar-refractivity contribution in [2.24, 2.45) is 0 Å². The third-order valence-electron chi connectivity index (χ3n) is 5.61. The predicted molar refractivity (Wildman–Crippen MR) is 118 cm³/mol. The SMILES string of the molecule is CN(CCCOc1ccccc1C#N)c1nc(Cl)nc2c1CCC2c1ccc(F)cc1F. The molecule has 164 valence electrons. The lowest BCUT2D eigenvalue weighted by Crippen LogP contribution is -2.23. The molecule has 4 rings (SSSR count). The highest BCUT2D eigenvalue weighted by Crippen LogP contribution is 2.41. The molecule has 3 aromatic rings. The molecule has 2 aromatic carbocycles. The molecule has 1 aliphatic rings. The molecule has 0 spiro atoms. The van der Waals surface area contributed by atoms with E-state index in [1.807, 2.05) is 18.0 Å². The second-order valence-corrected chi connectivity index (χ2v) is 8.01. The van der Waals surface area contributed by atoms with Gasteiger partial charge in [0.05, 0.1) is 17.9 Å². The fourth-order valence-corrected chi connectivity index (χ4v) is 4.26. The van der Waals surface area contributed by atoms with Gasteiger partial charge in [0, 0.05) is 31.1 Å². The molecule has 1 atom stereocenters. The monoisotopic (exact) mass is 454 g/mol. The lowest BCUT2D eigenvalue weighted by atomic mass is 9.96. The van der Waals surface area contributed by atoms with Crippen LogP contribution in [0.1, 0.15) is 41.1 Å². The number of fused-ring (bicyclic) bond motifs is 1. The summed E-state index contributed by atoms with van der Waals surface area (Å²) in [4.78, 5) is 10.8. The molecule has 0 radical (unpaired) electrons. The Morgan fingerprint density at radius 3 is 2.81 bits per heavy atom. The van der Waals surface area contributed by atoms with Crippen LogP contribution in [0.25, 0.3) is 0 Å². The Labute approximate surface area is 190 Å². The summed E-state index contributed by atoms with van der Waals surface area (Å²) in [5.74, 6) is -0.202. The first-order valence-corrected chi connectivity index (χ1v) is 10.7. The van der Waals surface area contributed by atoms with Crippen LogP contribution < -0.4 is 9.64 Å². The first-order valence-electron chi connectivity index (χ1n) is 10.3. The number of halogens is 3. The van der Waals surface area contributed by atoms with E-state index in [0.717, 1.165) is 11.6 Å². The van der Waals surface area contributed by atoms with Crippen LogP contribution in [0.5, 0.6) is 5.75 Å². The summed E-state index contributed by atoms with van der Waals surface area (Å²) in [6.45, 7) is 1.08. The van der Waals surface area contributed by atoms with Crippen LogP contribution in [-0.4, -0.2) is 30.2 Å². The summed E-state index contributed by atoms with van der Waals surface area (Å²) in [6.07, 6.45) is 2.03. The van der Waals surface area contributed by atoms with Gasteiger partial charge in [0.25, 0.3) is 0 Å². The predicted octanol–water partition coefficient (Wildman–Crippen LogP) is 5.26. The Kier molecular flexibility index (Phi) is 6.52. The third kappa shape index (κ3) is 4.51. The van der Waals surface area contributed by atoms with E-state index in [1.165, 1.54) is 12.1 Å². The van der Waals surface area contributed by atoms with E-state index in [1.54, 1.807) is 18.2 Å². The van der Waals surface area contributed by atoms with Gasteiger partial charge in [-0.2, -0.15) is 5.26 Å². The molecule has 0 aliphatic heterocycles. The molecule has 1 aromatic heterocycles. The minimum atomic E-state index is -0.606. The highest BCUT2D eigenvalue weighted by atomic mass is 35.5. The number of para-hydroxylation sites is 1. The highest BCUT2D eigenvalue weighted by molar-refractivity contribution is 6.28. The molecule has 0 saturated heterocycles. The summed E-state index contributed by atoms with van der Waals surface area (Å²) in [7, 11) is 1.91. The molecule has 1 unspecified atom stereocenters. The number of nitriles is 1. The van der Waals surface area contributed by atoms with Gasteiger partial charge < -0.3 is 9.64 Å². The van der Waals surface area contributed by atoms with Crippen LogP contribution in [0.3, 0.4) is 0 Å². The Balaban J connectivity index is 1.47. The van der Waals surface area contributed by atoms with Crippen LogP contribution in [-0.2, 0) is 6.42 Å². The van der Waals surface area contributed by atoms with Crippen molar-refractivity contribution in [2.45, 2.75) is 25.2 Å². The van der Waals surface area contributed by atoms with Gasteiger partial charge in [-0.25, -0.2) is 18.7 Å². The van der Waals surface area contributed by atoms with E-state index >= 15 is 0 Å². The number of rotatable bonds is 7. The maximum atomic E-state index is 14.4. The zero-order valence-electron chi connectivity index (χ0n) is 17.5. The van der Waals surface area contributed by atoms with Crippen LogP contribution in [0.15, 0.2) is 42.5 Å². The van der Waals surface area contributed by atoms with Gasteiger partial charge in [0.15, 0.2) is 0 Å². The van der Waals surface area contributed by atoms with Crippen molar-refractivity contribution in [2.75, 3.05) is 25.1 Å². The van der Waals surface area contributed by atoms with Gasteiger partial charge in [-0.05, 0) is 54.6 Å². The Morgan fingerprint density at radius 2 is 2.03 bits per heavy atom. The number of ether oxygens (including phenoxy) is 1. The smallest absolute Gasteiger partial charge is 0.224 e.